The molecular formula is C13H16Cl2N2O2S. The van der Waals surface area contributed by atoms with Crippen molar-refractivity contribution in [2.24, 2.45) is 0 Å². The predicted octanol–water partition coefficient (Wildman–Crippen LogP) is 2.43. The minimum absolute atomic E-state index is 0.188. The molecule has 0 saturated carbocycles. The molecule has 1 heterocycles. The summed E-state index contributed by atoms with van der Waals surface area (Å²) in [6.45, 7) is 0.193. The Morgan fingerprint density at radius 1 is 1.25 bits per heavy atom. The molecule has 2 rings (SSSR count). The Morgan fingerprint density at radius 3 is 2.45 bits per heavy atom. The van der Waals surface area contributed by atoms with Crippen LogP contribution >= 0.6 is 23.2 Å². The minimum Gasteiger partial charge on any atom is -0.322 e. The zero-order chi connectivity index (χ0) is 14.5. The van der Waals surface area contributed by atoms with Crippen LogP contribution < -0.4 is 10.6 Å². The molecule has 4 nitrogen and oxygen atoms in total. The Morgan fingerprint density at radius 2 is 1.85 bits per heavy atom. The number of para-hydroxylation sites is 1. The van der Waals surface area contributed by atoms with Crippen molar-refractivity contribution in [2.75, 3.05) is 23.4 Å². The van der Waals surface area contributed by atoms with Gasteiger partial charge in [0.05, 0.1) is 22.3 Å². The van der Waals surface area contributed by atoms with E-state index in [-0.39, 0.29) is 18.5 Å². The highest BCUT2D eigenvalue weighted by molar-refractivity contribution is 7.85. The molecule has 110 valence electrons. The molecule has 1 amide bonds. The fourth-order valence-electron chi connectivity index (χ4n) is 2.04. The molecule has 1 aliphatic heterocycles. The molecule has 1 aliphatic rings. The number of rotatable bonds is 4. The molecule has 0 unspecified atom stereocenters. The maximum atomic E-state index is 11.9. The monoisotopic (exact) mass is 334 g/mol. The van der Waals surface area contributed by atoms with Gasteiger partial charge in [0.1, 0.15) is 0 Å². The summed E-state index contributed by atoms with van der Waals surface area (Å²) < 4.78 is 11.2. The summed E-state index contributed by atoms with van der Waals surface area (Å²) in [5, 5.41) is 6.70. The summed E-state index contributed by atoms with van der Waals surface area (Å²) in [6.07, 6.45) is 1.68. The van der Waals surface area contributed by atoms with Crippen LogP contribution in [0.4, 0.5) is 5.69 Å². The Bertz CT molecular complexity index is 495. The Labute approximate surface area is 130 Å². The Balaban J connectivity index is 1.82. The highest BCUT2D eigenvalue weighted by Gasteiger charge is 2.18. The molecule has 1 aromatic carbocycles. The summed E-state index contributed by atoms with van der Waals surface area (Å²) >= 11 is 12.0. The number of halogens is 2. The van der Waals surface area contributed by atoms with Gasteiger partial charge in [0.15, 0.2) is 0 Å². The van der Waals surface area contributed by atoms with Crippen molar-refractivity contribution in [3.8, 4) is 0 Å². The van der Waals surface area contributed by atoms with Crippen LogP contribution in [0, 0.1) is 0 Å². The van der Waals surface area contributed by atoms with Gasteiger partial charge in [0.25, 0.3) is 0 Å². The largest absolute Gasteiger partial charge is 0.322 e. The molecule has 20 heavy (non-hydrogen) atoms. The minimum atomic E-state index is -0.688. The molecule has 7 heteroatoms. The van der Waals surface area contributed by atoms with Crippen LogP contribution in [0.3, 0.4) is 0 Å². The smallest absolute Gasteiger partial charge is 0.238 e. The van der Waals surface area contributed by atoms with Crippen molar-refractivity contribution < 1.29 is 9.00 Å². The van der Waals surface area contributed by atoms with E-state index in [9.17, 15) is 9.00 Å². The zero-order valence-electron chi connectivity index (χ0n) is 10.8. The first-order valence-corrected chi connectivity index (χ1v) is 8.63. The second kappa shape index (κ2) is 7.41. The summed E-state index contributed by atoms with van der Waals surface area (Å²) in [6, 6.07) is 5.32. The van der Waals surface area contributed by atoms with Crippen molar-refractivity contribution >= 4 is 45.6 Å². The van der Waals surface area contributed by atoms with E-state index in [1.807, 2.05) is 0 Å². The highest BCUT2D eigenvalue weighted by atomic mass is 35.5. The van der Waals surface area contributed by atoms with Gasteiger partial charge in [-0.1, -0.05) is 29.3 Å². The second-order valence-corrected chi connectivity index (χ2v) is 7.16. The Kier molecular flexibility index (Phi) is 5.84. The maximum absolute atomic E-state index is 11.9. The van der Waals surface area contributed by atoms with E-state index in [2.05, 4.69) is 10.6 Å². The Hall–Kier alpha value is -0.620. The van der Waals surface area contributed by atoms with Crippen LogP contribution in [0.25, 0.3) is 0 Å². The zero-order valence-corrected chi connectivity index (χ0v) is 13.2. The van der Waals surface area contributed by atoms with Crippen LogP contribution in [0.1, 0.15) is 12.8 Å². The summed E-state index contributed by atoms with van der Waals surface area (Å²) in [4.78, 5) is 11.9. The van der Waals surface area contributed by atoms with Crippen LogP contribution in [-0.4, -0.2) is 34.2 Å². The van der Waals surface area contributed by atoms with Crippen molar-refractivity contribution in [1.29, 1.82) is 0 Å². The first-order valence-electron chi connectivity index (χ1n) is 6.38. The molecule has 0 aliphatic carbocycles. The molecule has 2 N–H and O–H groups in total. The van der Waals surface area contributed by atoms with E-state index in [0.29, 0.717) is 27.2 Å². The second-order valence-electron chi connectivity index (χ2n) is 4.65. The lowest BCUT2D eigenvalue weighted by Gasteiger charge is -2.22. The van der Waals surface area contributed by atoms with Gasteiger partial charge in [-0.15, -0.1) is 0 Å². The normalized spacial score (nSPS) is 22.5. The average Bonchev–Trinajstić information content (AvgIpc) is 2.42. The van der Waals surface area contributed by atoms with E-state index in [1.165, 1.54) is 0 Å². The van der Waals surface area contributed by atoms with Gasteiger partial charge in [0, 0.05) is 28.3 Å². The molecule has 0 aromatic heterocycles. The van der Waals surface area contributed by atoms with Gasteiger partial charge >= 0.3 is 0 Å². The third kappa shape index (κ3) is 4.45. The van der Waals surface area contributed by atoms with Gasteiger partial charge in [-0.3, -0.25) is 9.00 Å². The molecule has 1 aromatic rings. The van der Waals surface area contributed by atoms with Crippen molar-refractivity contribution in [3.05, 3.63) is 28.2 Å². The van der Waals surface area contributed by atoms with Crippen LogP contribution in [0.5, 0.6) is 0 Å². The molecule has 0 spiro atoms. The number of hydrogen-bond donors (Lipinski definition) is 2. The number of nitrogens with one attached hydrogen (secondary N) is 2. The summed E-state index contributed by atoms with van der Waals surface area (Å²) in [5.74, 6) is 1.22. The van der Waals surface area contributed by atoms with Crippen molar-refractivity contribution in [3.63, 3.8) is 0 Å². The SMILES string of the molecule is O=C(CNC1CCS(=O)CC1)Nc1c(Cl)cccc1Cl. The molecule has 1 fully saturated rings. The number of carbonyl (C=O) groups is 1. The molecule has 1 saturated heterocycles. The fraction of sp³-hybridized carbons (Fsp3) is 0.462. The van der Waals surface area contributed by atoms with Crippen LogP contribution in [0.2, 0.25) is 10.0 Å². The van der Waals surface area contributed by atoms with Crippen LogP contribution in [-0.2, 0) is 15.6 Å². The maximum Gasteiger partial charge on any atom is 0.238 e. The molecule has 0 radical (unpaired) electrons. The third-order valence-corrected chi connectivity index (χ3v) is 5.18. The van der Waals surface area contributed by atoms with E-state index in [1.54, 1.807) is 18.2 Å². The van der Waals surface area contributed by atoms with E-state index in [0.717, 1.165) is 12.8 Å². The van der Waals surface area contributed by atoms with E-state index >= 15 is 0 Å². The van der Waals surface area contributed by atoms with Crippen LogP contribution in [0.15, 0.2) is 18.2 Å². The first kappa shape index (κ1) is 15.8. The highest BCUT2D eigenvalue weighted by Crippen LogP contribution is 2.29. The lowest BCUT2D eigenvalue weighted by Crippen LogP contribution is -2.40. The van der Waals surface area contributed by atoms with Crippen molar-refractivity contribution in [2.45, 2.75) is 18.9 Å². The van der Waals surface area contributed by atoms with E-state index < -0.39 is 10.8 Å². The topological polar surface area (TPSA) is 58.2 Å². The van der Waals surface area contributed by atoms with Crippen molar-refractivity contribution in [1.82, 2.24) is 5.32 Å². The predicted molar refractivity (Wildman–Crippen MR) is 84.0 cm³/mol. The summed E-state index contributed by atoms with van der Waals surface area (Å²) in [7, 11) is -0.688. The number of amides is 1. The van der Waals surface area contributed by atoms with Gasteiger partial charge < -0.3 is 10.6 Å². The lowest BCUT2D eigenvalue weighted by atomic mass is 10.1. The molecular weight excluding hydrogens is 319 g/mol. The first-order chi connectivity index (χ1) is 9.56. The number of benzene rings is 1. The number of anilines is 1. The lowest BCUT2D eigenvalue weighted by molar-refractivity contribution is -0.115. The third-order valence-electron chi connectivity index (χ3n) is 3.17. The van der Waals surface area contributed by atoms with E-state index in [4.69, 9.17) is 23.2 Å². The number of carbonyl (C=O) groups excluding carboxylic acids is 1. The summed E-state index contributed by atoms with van der Waals surface area (Å²) in [5.41, 5.74) is 0.437. The van der Waals surface area contributed by atoms with Gasteiger partial charge in [-0.05, 0) is 25.0 Å². The average molecular weight is 335 g/mol. The van der Waals surface area contributed by atoms with Gasteiger partial charge in [-0.25, -0.2) is 0 Å². The van der Waals surface area contributed by atoms with Gasteiger partial charge in [0.2, 0.25) is 5.91 Å². The quantitative estimate of drug-likeness (QED) is 0.889. The number of hydrogen-bond acceptors (Lipinski definition) is 3. The molecule has 0 atom stereocenters. The van der Waals surface area contributed by atoms with Gasteiger partial charge in [-0.2, -0.15) is 0 Å². The molecule has 0 bridgehead atoms. The fourth-order valence-corrected chi connectivity index (χ4v) is 3.83. The standard InChI is InChI=1S/C13H16Cl2N2O2S/c14-10-2-1-3-11(15)13(10)17-12(18)8-16-9-4-6-20(19)7-5-9/h1-3,9,16H,4-8H2,(H,17,18).